The van der Waals surface area contributed by atoms with Gasteiger partial charge in [-0.2, -0.15) is 20.5 Å². The van der Waals surface area contributed by atoms with E-state index < -0.39 is 23.9 Å². The van der Waals surface area contributed by atoms with Crippen LogP contribution in [0.15, 0.2) is 154 Å². The Morgan fingerprint density at radius 3 is 0.946 bits per heavy atom. The highest BCUT2D eigenvalue weighted by Gasteiger charge is 2.30. The average Bonchev–Trinajstić information content (AvgIpc) is 3.66. The number of hydrogen-bond acceptors (Lipinski definition) is 14. The maximum absolute atomic E-state index is 11.5. The largest absolute Gasteiger partial charge is 0.399 e. The number of nitrogen functional groups attached to an aromatic ring is 4. The molecule has 14 heteroatoms. The first-order chi connectivity index (χ1) is 27.0. The molecule has 0 saturated heterocycles. The molecule has 14 nitrogen and oxygen atoms in total. The first kappa shape index (κ1) is 37.5. The molecule has 8 N–H and O–H groups in total. The molecule has 0 radical (unpaired) electrons. The standard InChI is InChI=1S/C16H6N2O6.C14H14N2.C12H12N4/c19-13-9-3-1-7(5-11(9)15(21)23-13)17-18-8-2-4-10-12(6-8)16(22)24-14(10)20;15-13-7-3-11(4-8-13)1-2-12-5-9-14(16)10-6-12;13-9-1-5-11(6-2-9)15-16-12-7-3-10(14)4-8-12/h1-6H;1-10H,15-16H2;1-8H,13-14H2. The summed E-state index contributed by atoms with van der Waals surface area (Å²) >= 11 is 0. The third-order valence-corrected chi connectivity index (χ3v) is 7.95. The molecule has 6 aromatic carbocycles. The van der Waals surface area contributed by atoms with E-state index in [0.717, 1.165) is 33.9 Å². The van der Waals surface area contributed by atoms with Crippen molar-refractivity contribution in [3.63, 3.8) is 0 Å². The Morgan fingerprint density at radius 2 is 0.607 bits per heavy atom. The van der Waals surface area contributed by atoms with Gasteiger partial charge in [0.2, 0.25) is 0 Å². The van der Waals surface area contributed by atoms with Gasteiger partial charge < -0.3 is 32.4 Å². The van der Waals surface area contributed by atoms with Crippen LogP contribution in [0.1, 0.15) is 52.6 Å². The predicted molar refractivity (Wildman–Crippen MR) is 213 cm³/mol. The lowest BCUT2D eigenvalue weighted by molar-refractivity contribution is 0.0425. The van der Waals surface area contributed by atoms with Crippen molar-refractivity contribution in [1.29, 1.82) is 0 Å². The molecule has 0 bridgehead atoms. The number of carbonyl (C=O) groups is 4. The smallest absolute Gasteiger partial charge is 0.346 e. The van der Waals surface area contributed by atoms with Gasteiger partial charge in [-0.15, -0.1) is 0 Å². The zero-order valence-electron chi connectivity index (χ0n) is 29.4. The highest BCUT2D eigenvalue weighted by Crippen LogP contribution is 2.29. The Labute approximate surface area is 319 Å². The van der Waals surface area contributed by atoms with E-state index in [9.17, 15) is 19.2 Å². The van der Waals surface area contributed by atoms with E-state index in [1.54, 1.807) is 24.3 Å². The molecule has 0 atom stereocenters. The zero-order valence-corrected chi connectivity index (χ0v) is 29.4. The van der Waals surface area contributed by atoms with Crippen molar-refractivity contribution < 1.29 is 28.7 Å². The van der Waals surface area contributed by atoms with E-state index in [1.165, 1.54) is 36.4 Å². The van der Waals surface area contributed by atoms with Crippen LogP contribution in [0.4, 0.5) is 45.5 Å². The Kier molecular flexibility index (Phi) is 11.4. The fourth-order valence-electron chi connectivity index (χ4n) is 4.99. The molecule has 6 aromatic rings. The van der Waals surface area contributed by atoms with Crippen molar-refractivity contribution >= 4 is 81.5 Å². The van der Waals surface area contributed by atoms with E-state index >= 15 is 0 Å². The van der Waals surface area contributed by atoms with Crippen LogP contribution in [-0.2, 0) is 9.47 Å². The Hall–Kier alpha value is -8.26. The van der Waals surface area contributed by atoms with Crippen LogP contribution < -0.4 is 22.9 Å². The minimum atomic E-state index is -0.731. The average molecular weight is 745 g/mol. The molecule has 8 rings (SSSR count). The minimum absolute atomic E-state index is 0.125. The second-order valence-electron chi connectivity index (χ2n) is 12.1. The van der Waals surface area contributed by atoms with Gasteiger partial charge >= 0.3 is 23.9 Å². The minimum Gasteiger partial charge on any atom is -0.399 e. The Bertz CT molecular complexity index is 2240. The van der Waals surface area contributed by atoms with Crippen molar-refractivity contribution in [2.24, 2.45) is 20.5 Å². The molecule has 2 aliphatic rings. The number of nitrogens with two attached hydrogens (primary N) is 4. The predicted octanol–water partition coefficient (Wildman–Crippen LogP) is 9.01. The number of azo groups is 2. The van der Waals surface area contributed by atoms with E-state index in [4.69, 9.17) is 22.9 Å². The highest BCUT2D eigenvalue weighted by molar-refractivity contribution is 6.15. The van der Waals surface area contributed by atoms with E-state index in [1.807, 2.05) is 84.9 Å². The summed E-state index contributed by atoms with van der Waals surface area (Å²) in [6.07, 6.45) is 4.09. The van der Waals surface area contributed by atoms with Crippen LogP contribution in [0.3, 0.4) is 0 Å². The van der Waals surface area contributed by atoms with Gasteiger partial charge in [-0.05, 0) is 120 Å². The normalized spacial score (nSPS) is 12.8. The Morgan fingerprint density at radius 1 is 0.339 bits per heavy atom. The highest BCUT2D eigenvalue weighted by atomic mass is 16.6. The number of benzene rings is 6. The zero-order chi connectivity index (χ0) is 39.6. The van der Waals surface area contributed by atoms with Gasteiger partial charge in [0.05, 0.1) is 45.0 Å². The monoisotopic (exact) mass is 744 g/mol. The van der Waals surface area contributed by atoms with Gasteiger partial charge in [-0.1, -0.05) is 36.4 Å². The SMILES string of the molecule is Nc1ccc(C=Cc2ccc(N)cc2)cc1.Nc1ccc(N=Nc2ccc(N)cc2)cc1.O=C1OC(=O)c2cc(N=Nc3ccc4c(c3)C(=O)OC4=O)ccc21. The van der Waals surface area contributed by atoms with Crippen LogP contribution in [0.5, 0.6) is 0 Å². The second kappa shape index (κ2) is 17.0. The summed E-state index contributed by atoms with van der Waals surface area (Å²) in [4.78, 5) is 45.7. The number of cyclic esters (lactones) is 4. The third-order valence-electron chi connectivity index (χ3n) is 7.95. The molecule has 276 valence electrons. The summed E-state index contributed by atoms with van der Waals surface area (Å²) in [5, 5.41) is 16.1. The van der Waals surface area contributed by atoms with Gasteiger partial charge in [0.1, 0.15) is 0 Å². The molecular formula is C42H32N8O6. The fourth-order valence-corrected chi connectivity index (χ4v) is 4.99. The van der Waals surface area contributed by atoms with E-state index in [0.29, 0.717) is 22.7 Å². The van der Waals surface area contributed by atoms with Gasteiger partial charge in [-0.3, -0.25) is 0 Å². The number of esters is 4. The number of carbonyl (C=O) groups excluding carboxylic acids is 4. The molecule has 2 aliphatic heterocycles. The summed E-state index contributed by atoms with van der Waals surface area (Å²) in [6, 6.07) is 38.6. The van der Waals surface area contributed by atoms with Crippen LogP contribution in [0.2, 0.25) is 0 Å². The third kappa shape index (κ3) is 9.78. The van der Waals surface area contributed by atoms with Crippen LogP contribution in [0.25, 0.3) is 12.2 Å². The van der Waals surface area contributed by atoms with Crippen LogP contribution in [0, 0.1) is 0 Å². The first-order valence-electron chi connectivity index (χ1n) is 16.8. The van der Waals surface area contributed by atoms with E-state index in [-0.39, 0.29) is 22.3 Å². The number of nitrogens with zero attached hydrogens (tertiary/aromatic N) is 4. The van der Waals surface area contributed by atoms with Gasteiger partial charge in [0, 0.05) is 22.7 Å². The molecule has 0 saturated carbocycles. The lowest BCUT2D eigenvalue weighted by Gasteiger charge is -1.97. The number of anilines is 4. The fraction of sp³-hybridized carbons (Fsp3) is 0. The van der Waals surface area contributed by atoms with Crippen molar-refractivity contribution in [3.05, 3.63) is 167 Å². The van der Waals surface area contributed by atoms with Crippen molar-refractivity contribution in [1.82, 2.24) is 0 Å². The molecular weight excluding hydrogens is 713 g/mol. The summed E-state index contributed by atoms with van der Waals surface area (Å²) < 4.78 is 8.98. The molecule has 2 heterocycles. The molecule has 0 amide bonds. The maximum Gasteiger partial charge on any atom is 0.346 e. The topological polar surface area (TPSA) is 240 Å². The van der Waals surface area contributed by atoms with Gasteiger partial charge in [0.15, 0.2) is 0 Å². The summed E-state index contributed by atoms with van der Waals surface area (Å²) in [5.74, 6) is -2.85. The molecule has 0 aliphatic carbocycles. The summed E-state index contributed by atoms with van der Waals surface area (Å²) in [5.41, 5.74) is 30.4. The molecule has 0 unspecified atom stereocenters. The van der Waals surface area contributed by atoms with Crippen molar-refractivity contribution in [3.8, 4) is 0 Å². The van der Waals surface area contributed by atoms with E-state index in [2.05, 4.69) is 29.9 Å². The van der Waals surface area contributed by atoms with Gasteiger partial charge in [0.25, 0.3) is 0 Å². The quantitative estimate of drug-likeness (QED) is 0.0414. The summed E-state index contributed by atoms with van der Waals surface area (Å²) in [6.45, 7) is 0. The lowest BCUT2D eigenvalue weighted by Crippen LogP contribution is -1.96. The first-order valence-corrected chi connectivity index (χ1v) is 16.8. The number of ether oxygens (including phenoxy) is 2. The number of hydrogen-bond donors (Lipinski definition) is 4. The molecule has 0 fully saturated rings. The Balaban J connectivity index is 0.000000148. The molecule has 0 aromatic heterocycles. The van der Waals surface area contributed by atoms with Crippen LogP contribution >= 0.6 is 0 Å². The molecule has 56 heavy (non-hydrogen) atoms. The lowest BCUT2D eigenvalue weighted by atomic mass is 10.1. The number of rotatable bonds is 6. The number of fused-ring (bicyclic) bond motifs is 2. The maximum atomic E-state index is 11.5. The van der Waals surface area contributed by atoms with Crippen LogP contribution in [-0.4, -0.2) is 23.9 Å². The summed E-state index contributed by atoms with van der Waals surface area (Å²) in [7, 11) is 0. The van der Waals surface area contributed by atoms with Gasteiger partial charge in [-0.25, -0.2) is 19.2 Å². The van der Waals surface area contributed by atoms with Crippen molar-refractivity contribution in [2.75, 3.05) is 22.9 Å². The molecule has 0 spiro atoms. The second-order valence-corrected chi connectivity index (χ2v) is 12.1. The van der Waals surface area contributed by atoms with Crippen molar-refractivity contribution in [2.45, 2.75) is 0 Å².